The highest BCUT2D eigenvalue weighted by molar-refractivity contribution is 5.41. The van der Waals surface area contributed by atoms with Crippen LogP contribution in [0.2, 0.25) is 0 Å². The van der Waals surface area contributed by atoms with E-state index in [1.54, 1.807) is 12.2 Å². The van der Waals surface area contributed by atoms with Gasteiger partial charge in [0, 0.05) is 5.54 Å². The highest BCUT2D eigenvalue weighted by Gasteiger charge is 2.16. The number of aliphatic hydroxyl groups is 1. The molecule has 2 heteroatoms. The number of nitrogens with two attached hydrogens (primary N) is 1. The molecule has 0 aromatic rings. The van der Waals surface area contributed by atoms with Gasteiger partial charge in [0.1, 0.15) is 5.76 Å². The summed E-state index contributed by atoms with van der Waals surface area (Å²) < 4.78 is 0. The van der Waals surface area contributed by atoms with E-state index in [4.69, 9.17) is 5.73 Å². The van der Waals surface area contributed by atoms with Crippen molar-refractivity contribution in [2.24, 2.45) is 5.73 Å². The topological polar surface area (TPSA) is 46.2 Å². The summed E-state index contributed by atoms with van der Waals surface area (Å²) in [6.45, 7) is 5.84. The highest BCUT2D eigenvalue weighted by Crippen LogP contribution is 2.19. The molecule has 0 fully saturated rings. The summed E-state index contributed by atoms with van der Waals surface area (Å²) in [4.78, 5) is 0. The highest BCUT2D eigenvalue weighted by atomic mass is 16.3. The van der Waals surface area contributed by atoms with Crippen molar-refractivity contribution in [3.05, 3.63) is 47.3 Å². The van der Waals surface area contributed by atoms with Gasteiger partial charge in [0.25, 0.3) is 0 Å². The summed E-state index contributed by atoms with van der Waals surface area (Å²) in [7, 11) is 0. The molecular weight excluding hydrogens is 174 g/mol. The lowest BCUT2D eigenvalue weighted by atomic mass is 9.92. The molecule has 0 bridgehead atoms. The third-order valence-corrected chi connectivity index (χ3v) is 2.06. The van der Waals surface area contributed by atoms with Gasteiger partial charge in [-0.05, 0) is 38.5 Å². The Balaban J connectivity index is 3.14. The second-order valence-corrected chi connectivity index (χ2v) is 4.16. The first-order valence-electron chi connectivity index (χ1n) is 4.66. The second kappa shape index (κ2) is 3.84. The third kappa shape index (κ3) is 2.89. The second-order valence-electron chi connectivity index (χ2n) is 4.16. The van der Waals surface area contributed by atoms with Crippen LogP contribution in [0.1, 0.15) is 20.8 Å². The molecule has 0 heterocycles. The third-order valence-electron chi connectivity index (χ3n) is 2.06. The Hall–Kier alpha value is -1.28. The van der Waals surface area contributed by atoms with E-state index in [0.717, 1.165) is 11.1 Å². The summed E-state index contributed by atoms with van der Waals surface area (Å²) in [6, 6.07) is 0. The number of hydrogen-bond donors (Lipinski definition) is 2. The number of rotatable bonds is 1. The Labute approximate surface area is 85.1 Å². The van der Waals surface area contributed by atoms with Crippen molar-refractivity contribution in [3.8, 4) is 0 Å². The fourth-order valence-electron chi connectivity index (χ4n) is 1.21. The molecule has 1 rings (SSSR count). The van der Waals surface area contributed by atoms with Gasteiger partial charge in [-0.25, -0.2) is 0 Å². The molecule has 0 aromatic heterocycles. The minimum atomic E-state index is -0.436. The van der Waals surface area contributed by atoms with Crippen molar-refractivity contribution in [1.29, 1.82) is 0 Å². The van der Waals surface area contributed by atoms with E-state index in [0.29, 0.717) is 0 Å². The van der Waals surface area contributed by atoms with E-state index < -0.39 is 5.54 Å². The number of hydrogen-bond acceptors (Lipinski definition) is 2. The summed E-state index contributed by atoms with van der Waals surface area (Å²) in [5.41, 5.74) is 7.59. The lowest BCUT2D eigenvalue weighted by molar-refractivity contribution is 0.430. The van der Waals surface area contributed by atoms with Crippen molar-refractivity contribution in [2.45, 2.75) is 26.3 Å². The maximum Gasteiger partial charge on any atom is 0.115 e. The normalized spacial score (nSPS) is 17.9. The Bertz CT molecular complexity index is 338. The standard InChI is InChI=1S/C12H17NO/c1-9-5-4-6-11(14)8-10(7-9)12(2,3)13/h4-8,14H,13H2,1-3H3. The molecule has 0 unspecified atom stereocenters. The molecule has 0 saturated carbocycles. The van der Waals surface area contributed by atoms with Gasteiger partial charge in [-0.15, -0.1) is 0 Å². The lowest BCUT2D eigenvalue weighted by Crippen LogP contribution is -2.33. The van der Waals surface area contributed by atoms with Crippen LogP contribution in [0.3, 0.4) is 0 Å². The van der Waals surface area contributed by atoms with Crippen LogP contribution < -0.4 is 5.73 Å². The monoisotopic (exact) mass is 191 g/mol. The van der Waals surface area contributed by atoms with Crippen molar-refractivity contribution in [3.63, 3.8) is 0 Å². The first-order chi connectivity index (χ1) is 6.39. The zero-order valence-corrected chi connectivity index (χ0v) is 8.91. The predicted octanol–water partition coefficient (Wildman–Crippen LogP) is 2.61. The molecule has 0 amide bonds. The largest absolute Gasteiger partial charge is 0.508 e. The van der Waals surface area contributed by atoms with Crippen molar-refractivity contribution >= 4 is 0 Å². The molecule has 0 atom stereocenters. The molecular formula is C12H17NO. The fraction of sp³-hybridized carbons (Fsp3) is 0.333. The molecule has 1 aliphatic carbocycles. The number of allylic oxidation sites excluding steroid dienone is 5. The van der Waals surface area contributed by atoms with Crippen LogP contribution in [0.15, 0.2) is 47.3 Å². The SMILES string of the molecule is CC1=CC=CC(O)=CC(C(C)(C)N)=C1. The lowest BCUT2D eigenvalue weighted by Gasteiger charge is -2.21. The van der Waals surface area contributed by atoms with Gasteiger partial charge in [0.2, 0.25) is 0 Å². The quantitative estimate of drug-likeness (QED) is 0.669. The maximum absolute atomic E-state index is 9.48. The molecule has 14 heavy (non-hydrogen) atoms. The van der Waals surface area contributed by atoms with Gasteiger partial charge in [-0.3, -0.25) is 0 Å². The maximum atomic E-state index is 9.48. The molecule has 0 radical (unpaired) electrons. The zero-order chi connectivity index (χ0) is 10.8. The molecule has 3 N–H and O–H groups in total. The van der Waals surface area contributed by atoms with Crippen molar-refractivity contribution < 1.29 is 5.11 Å². The van der Waals surface area contributed by atoms with E-state index >= 15 is 0 Å². The average Bonchev–Trinajstić information content (AvgIpc) is 1.98. The molecule has 0 spiro atoms. The van der Waals surface area contributed by atoms with Gasteiger partial charge >= 0.3 is 0 Å². The van der Waals surface area contributed by atoms with E-state index in [-0.39, 0.29) is 5.76 Å². The van der Waals surface area contributed by atoms with Crippen LogP contribution in [0, 0.1) is 0 Å². The minimum Gasteiger partial charge on any atom is -0.508 e. The first-order valence-corrected chi connectivity index (χ1v) is 4.66. The minimum absolute atomic E-state index is 0.235. The zero-order valence-electron chi connectivity index (χ0n) is 8.91. The fourth-order valence-corrected chi connectivity index (χ4v) is 1.21. The molecule has 76 valence electrons. The van der Waals surface area contributed by atoms with Gasteiger partial charge in [0.05, 0.1) is 0 Å². The molecule has 0 aromatic carbocycles. The predicted molar refractivity (Wildman–Crippen MR) is 60.0 cm³/mol. The van der Waals surface area contributed by atoms with Gasteiger partial charge in [-0.1, -0.05) is 23.8 Å². The Morgan fingerprint density at radius 1 is 1.29 bits per heavy atom. The van der Waals surface area contributed by atoms with Gasteiger partial charge < -0.3 is 10.8 Å². The molecule has 1 aliphatic rings. The Morgan fingerprint density at radius 2 is 1.93 bits per heavy atom. The number of aliphatic hydroxyl groups excluding tert-OH is 1. The molecule has 0 saturated heterocycles. The van der Waals surface area contributed by atoms with E-state index in [9.17, 15) is 5.11 Å². The van der Waals surface area contributed by atoms with Crippen LogP contribution >= 0.6 is 0 Å². The van der Waals surface area contributed by atoms with Crippen LogP contribution in [0.25, 0.3) is 0 Å². The summed E-state index contributed by atoms with van der Waals surface area (Å²) in [6.07, 6.45) is 9.10. The average molecular weight is 191 g/mol. The summed E-state index contributed by atoms with van der Waals surface area (Å²) in [5.74, 6) is 0.235. The summed E-state index contributed by atoms with van der Waals surface area (Å²) in [5, 5.41) is 9.48. The molecule has 2 nitrogen and oxygen atoms in total. The molecule has 0 aliphatic heterocycles. The van der Waals surface area contributed by atoms with Crippen LogP contribution in [0.4, 0.5) is 0 Å². The van der Waals surface area contributed by atoms with Crippen LogP contribution in [0.5, 0.6) is 0 Å². The van der Waals surface area contributed by atoms with Crippen LogP contribution in [-0.2, 0) is 0 Å². The Kier molecular flexibility index (Phi) is 2.96. The van der Waals surface area contributed by atoms with E-state index in [1.807, 2.05) is 39.0 Å². The van der Waals surface area contributed by atoms with E-state index in [1.165, 1.54) is 0 Å². The summed E-state index contributed by atoms with van der Waals surface area (Å²) >= 11 is 0. The van der Waals surface area contributed by atoms with Crippen LogP contribution in [-0.4, -0.2) is 10.6 Å². The Morgan fingerprint density at radius 3 is 2.50 bits per heavy atom. The van der Waals surface area contributed by atoms with Gasteiger partial charge in [0.15, 0.2) is 0 Å². The van der Waals surface area contributed by atoms with Crippen molar-refractivity contribution in [2.75, 3.05) is 0 Å². The smallest absolute Gasteiger partial charge is 0.115 e. The van der Waals surface area contributed by atoms with Gasteiger partial charge in [-0.2, -0.15) is 0 Å². The first kappa shape index (κ1) is 10.8. The van der Waals surface area contributed by atoms with E-state index in [2.05, 4.69) is 0 Å². The van der Waals surface area contributed by atoms with Crippen molar-refractivity contribution in [1.82, 2.24) is 0 Å².